The van der Waals surface area contributed by atoms with E-state index in [4.69, 9.17) is 0 Å². The van der Waals surface area contributed by atoms with Crippen LogP contribution in [-0.4, -0.2) is 55.7 Å². The molecular formula is C28H39N5O4S. The van der Waals surface area contributed by atoms with Gasteiger partial charge in [-0.1, -0.05) is 56.3 Å². The van der Waals surface area contributed by atoms with Gasteiger partial charge < -0.3 is 20.9 Å². The van der Waals surface area contributed by atoms with Crippen LogP contribution in [0.4, 0.5) is 11.4 Å². The van der Waals surface area contributed by atoms with Crippen LogP contribution in [0.5, 0.6) is 0 Å². The number of benzene rings is 2. The first-order valence-corrected chi connectivity index (χ1v) is 15.0. The topological polar surface area (TPSA) is 120 Å². The normalized spacial score (nSPS) is 18.9. The lowest BCUT2D eigenvalue weighted by atomic mass is 10.0. The van der Waals surface area contributed by atoms with Crippen molar-refractivity contribution in [1.29, 1.82) is 0 Å². The Bertz CT molecular complexity index is 1200. The first-order chi connectivity index (χ1) is 18.1. The van der Waals surface area contributed by atoms with E-state index >= 15 is 0 Å². The first-order valence-electron chi connectivity index (χ1n) is 13.4. The second-order valence-corrected chi connectivity index (χ2v) is 12.5. The lowest BCUT2D eigenvalue weighted by molar-refractivity contribution is -0.135. The van der Waals surface area contributed by atoms with Crippen molar-refractivity contribution in [1.82, 2.24) is 14.9 Å². The summed E-state index contributed by atoms with van der Waals surface area (Å²) in [7, 11) is -3.77. The number of sulfonamides is 1. The van der Waals surface area contributed by atoms with Crippen LogP contribution in [0, 0.1) is 5.92 Å². The van der Waals surface area contributed by atoms with E-state index in [1.165, 1.54) is 0 Å². The van der Waals surface area contributed by atoms with Crippen molar-refractivity contribution in [3.63, 3.8) is 0 Å². The highest BCUT2D eigenvalue weighted by atomic mass is 32.2. The van der Waals surface area contributed by atoms with Crippen LogP contribution in [0.15, 0.2) is 54.6 Å². The molecule has 0 unspecified atom stereocenters. The summed E-state index contributed by atoms with van der Waals surface area (Å²) in [4.78, 5) is 28.7. The van der Waals surface area contributed by atoms with Crippen LogP contribution in [0.3, 0.4) is 0 Å². The van der Waals surface area contributed by atoms with Gasteiger partial charge in [-0.15, -0.1) is 0 Å². The molecule has 0 radical (unpaired) electrons. The number of nitrogens with one attached hydrogen (secondary N) is 4. The molecule has 10 heteroatoms. The molecule has 2 aromatic rings. The fourth-order valence-electron chi connectivity index (χ4n) is 5.00. The van der Waals surface area contributed by atoms with Gasteiger partial charge in [0.25, 0.3) is 0 Å². The summed E-state index contributed by atoms with van der Waals surface area (Å²) in [6.07, 6.45) is 1.65. The third-order valence-electron chi connectivity index (χ3n) is 7.16. The third-order valence-corrected chi connectivity index (χ3v) is 8.57. The van der Waals surface area contributed by atoms with Crippen molar-refractivity contribution in [2.75, 3.05) is 22.9 Å². The highest BCUT2D eigenvalue weighted by Crippen LogP contribution is 2.32. The lowest BCUT2D eigenvalue weighted by Gasteiger charge is -2.28. The first kappa shape index (κ1) is 27.9. The number of hydrogen-bond donors (Lipinski definition) is 4. The van der Waals surface area contributed by atoms with E-state index in [1.807, 2.05) is 75.4 Å². The van der Waals surface area contributed by atoms with Gasteiger partial charge in [0.2, 0.25) is 21.8 Å². The van der Waals surface area contributed by atoms with Gasteiger partial charge in [-0.25, -0.2) is 13.1 Å². The van der Waals surface area contributed by atoms with Gasteiger partial charge in [0.1, 0.15) is 12.2 Å². The maximum absolute atomic E-state index is 13.5. The molecule has 4 rings (SSSR count). The maximum Gasteiger partial charge on any atom is 0.239 e. The van der Waals surface area contributed by atoms with Crippen LogP contribution in [0.25, 0.3) is 0 Å². The fourth-order valence-corrected chi connectivity index (χ4v) is 6.52. The number of anilines is 2. The largest absolute Gasteiger partial charge is 0.362 e. The summed E-state index contributed by atoms with van der Waals surface area (Å²) in [6, 6.07) is 15.9. The molecule has 2 heterocycles. The molecule has 1 fully saturated rings. The van der Waals surface area contributed by atoms with Crippen molar-refractivity contribution in [3.05, 3.63) is 60.2 Å². The van der Waals surface area contributed by atoms with E-state index in [1.54, 1.807) is 4.90 Å². The zero-order chi connectivity index (χ0) is 27.3. The average molecular weight is 542 g/mol. The molecule has 2 aliphatic rings. The Kier molecular flexibility index (Phi) is 8.94. The summed E-state index contributed by atoms with van der Waals surface area (Å²) < 4.78 is 28.3. The van der Waals surface area contributed by atoms with E-state index < -0.39 is 22.0 Å². The minimum Gasteiger partial charge on any atom is -0.362 e. The SMILES string of the molecule is CC(C)CCS(=O)(=O)N[C@@H](CC(=O)N1CCC[C@@H]1c1ccccc1)C(=O)N[C@@H](C)C1Nc2ccccc2N1. The molecule has 9 nitrogen and oxygen atoms in total. The zero-order valence-corrected chi connectivity index (χ0v) is 23.1. The second-order valence-electron chi connectivity index (χ2n) is 10.6. The number of hydrogen-bond acceptors (Lipinski definition) is 6. The summed E-state index contributed by atoms with van der Waals surface area (Å²) in [5.41, 5.74) is 2.91. The number of fused-ring (bicyclic) bond motifs is 1. The second kappa shape index (κ2) is 12.2. The Hall–Kier alpha value is -3.11. The van der Waals surface area contributed by atoms with Crippen LogP contribution in [-0.2, 0) is 19.6 Å². The zero-order valence-electron chi connectivity index (χ0n) is 22.3. The molecule has 1 saturated heterocycles. The summed E-state index contributed by atoms with van der Waals surface area (Å²) in [6.45, 7) is 6.31. The third kappa shape index (κ3) is 7.05. The molecule has 206 valence electrons. The molecule has 0 spiro atoms. The number of rotatable bonds is 11. The van der Waals surface area contributed by atoms with E-state index in [2.05, 4.69) is 20.7 Å². The molecule has 38 heavy (non-hydrogen) atoms. The number of para-hydroxylation sites is 2. The molecule has 2 aliphatic heterocycles. The van der Waals surface area contributed by atoms with Gasteiger partial charge >= 0.3 is 0 Å². The minimum atomic E-state index is -3.77. The minimum absolute atomic E-state index is 0.0747. The summed E-state index contributed by atoms with van der Waals surface area (Å²) in [5, 5.41) is 9.58. The average Bonchev–Trinajstić information content (AvgIpc) is 3.55. The standard InChI is InChI=1S/C28H39N5O4S/c1-19(2)15-17-38(36,37)32-24(18-26(34)33-16-9-14-25(33)21-10-5-4-6-11-21)28(35)29-20(3)27-30-22-12-7-8-13-23(22)31-27/h4-8,10-13,19-20,24-25,27,30-32H,9,14-18H2,1-3H3,(H,29,35)/t20-,24-,25+/m0/s1. The molecule has 0 bridgehead atoms. The molecule has 4 N–H and O–H groups in total. The lowest BCUT2D eigenvalue weighted by Crippen LogP contribution is -2.55. The van der Waals surface area contributed by atoms with Crippen molar-refractivity contribution in [2.45, 2.75) is 70.7 Å². The van der Waals surface area contributed by atoms with Gasteiger partial charge in [0.05, 0.1) is 35.6 Å². The quantitative estimate of drug-likeness (QED) is 0.346. The van der Waals surface area contributed by atoms with Gasteiger partial charge in [-0.3, -0.25) is 9.59 Å². The Labute approximate surface area is 225 Å². The van der Waals surface area contributed by atoms with Crippen molar-refractivity contribution < 1.29 is 18.0 Å². The van der Waals surface area contributed by atoms with E-state index in [0.29, 0.717) is 13.0 Å². The maximum atomic E-state index is 13.5. The Morgan fingerprint density at radius 1 is 1.00 bits per heavy atom. The van der Waals surface area contributed by atoms with Crippen LogP contribution in [0.1, 0.15) is 58.1 Å². The Morgan fingerprint density at radius 3 is 2.26 bits per heavy atom. The van der Waals surface area contributed by atoms with E-state index in [0.717, 1.165) is 29.8 Å². The van der Waals surface area contributed by atoms with Crippen LogP contribution in [0.2, 0.25) is 0 Å². The predicted octanol–water partition coefficient (Wildman–Crippen LogP) is 3.44. The van der Waals surface area contributed by atoms with Crippen LogP contribution < -0.4 is 20.7 Å². The Balaban J connectivity index is 1.46. The predicted molar refractivity (Wildman–Crippen MR) is 150 cm³/mol. The molecule has 3 atom stereocenters. The highest BCUT2D eigenvalue weighted by molar-refractivity contribution is 7.89. The Morgan fingerprint density at radius 2 is 1.63 bits per heavy atom. The van der Waals surface area contributed by atoms with Crippen molar-refractivity contribution in [2.24, 2.45) is 5.92 Å². The molecular weight excluding hydrogens is 502 g/mol. The number of carbonyl (C=O) groups excluding carboxylic acids is 2. The summed E-state index contributed by atoms with van der Waals surface area (Å²) >= 11 is 0. The monoisotopic (exact) mass is 541 g/mol. The molecule has 0 aliphatic carbocycles. The molecule has 2 aromatic carbocycles. The van der Waals surface area contributed by atoms with E-state index in [9.17, 15) is 18.0 Å². The van der Waals surface area contributed by atoms with E-state index in [-0.39, 0.29) is 42.2 Å². The number of likely N-dealkylation sites (tertiary alicyclic amines) is 1. The van der Waals surface area contributed by atoms with Gasteiger partial charge in [0.15, 0.2) is 0 Å². The molecule has 2 amide bonds. The van der Waals surface area contributed by atoms with Gasteiger partial charge in [-0.05, 0) is 49.8 Å². The highest BCUT2D eigenvalue weighted by Gasteiger charge is 2.35. The summed E-state index contributed by atoms with van der Waals surface area (Å²) in [5.74, 6) is -0.664. The molecule has 0 aromatic heterocycles. The number of carbonyl (C=O) groups is 2. The smallest absolute Gasteiger partial charge is 0.239 e. The van der Waals surface area contributed by atoms with Crippen molar-refractivity contribution in [3.8, 4) is 0 Å². The van der Waals surface area contributed by atoms with Gasteiger partial charge in [0, 0.05) is 6.54 Å². The van der Waals surface area contributed by atoms with Gasteiger partial charge in [-0.2, -0.15) is 0 Å². The molecule has 0 saturated carbocycles. The number of amides is 2. The van der Waals surface area contributed by atoms with Crippen LogP contribution >= 0.6 is 0 Å². The fraction of sp³-hybridized carbons (Fsp3) is 0.500. The van der Waals surface area contributed by atoms with Crippen molar-refractivity contribution >= 4 is 33.2 Å². The number of nitrogens with zero attached hydrogens (tertiary/aromatic N) is 1.